The maximum atomic E-state index is 11.8. The molecule has 6 heteroatoms. The summed E-state index contributed by atoms with van der Waals surface area (Å²) in [5.41, 5.74) is 0.870. The molecule has 0 aliphatic heterocycles. The zero-order valence-electron chi connectivity index (χ0n) is 12.4. The first-order chi connectivity index (χ1) is 10.1. The Hall–Kier alpha value is -1.82. The van der Waals surface area contributed by atoms with Crippen molar-refractivity contribution >= 4 is 17.7 Å². The van der Waals surface area contributed by atoms with Gasteiger partial charge < -0.3 is 9.73 Å². The molecule has 1 heterocycles. The van der Waals surface area contributed by atoms with Gasteiger partial charge in [0.15, 0.2) is 0 Å². The maximum Gasteiger partial charge on any atom is 0.277 e. The first-order valence-electron chi connectivity index (χ1n) is 6.87. The Bertz CT molecular complexity index is 584. The van der Waals surface area contributed by atoms with E-state index in [2.05, 4.69) is 29.4 Å². The molecule has 5 nitrogen and oxygen atoms in total. The van der Waals surface area contributed by atoms with E-state index in [1.54, 1.807) is 0 Å². The monoisotopic (exact) mass is 305 g/mol. The van der Waals surface area contributed by atoms with Crippen molar-refractivity contribution in [1.82, 2.24) is 15.5 Å². The Kier molecular flexibility index (Phi) is 5.38. The summed E-state index contributed by atoms with van der Waals surface area (Å²) in [4.78, 5) is 11.8. The SMILES string of the molecule is CC(C)[C@@H](C)NC(=O)CSc1nnc(-c2ccccc2)o1. The molecule has 1 amide bonds. The topological polar surface area (TPSA) is 68.0 Å². The van der Waals surface area contributed by atoms with Crippen LogP contribution in [0, 0.1) is 5.92 Å². The number of nitrogens with zero attached hydrogens (tertiary/aromatic N) is 2. The standard InChI is InChI=1S/C15H19N3O2S/c1-10(2)11(3)16-13(19)9-21-15-18-17-14(20-15)12-7-5-4-6-8-12/h4-8,10-11H,9H2,1-3H3,(H,16,19)/t11-/m1/s1. The van der Waals surface area contributed by atoms with Gasteiger partial charge in [-0.1, -0.05) is 43.8 Å². The Labute approximate surface area is 128 Å². The van der Waals surface area contributed by atoms with Crippen LogP contribution in [-0.4, -0.2) is 27.9 Å². The first-order valence-corrected chi connectivity index (χ1v) is 7.86. The smallest absolute Gasteiger partial charge is 0.277 e. The summed E-state index contributed by atoms with van der Waals surface area (Å²) < 4.78 is 5.53. The van der Waals surface area contributed by atoms with Crippen LogP contribution in [0.3, 0.4) is 0 Å². The molecule has 0 bridgehead atoms. The number of nitrogens with one attached hydrogen (secondary N) is 1. The van der Waals surface area contributed by atoms with Crippen molar-refractivity contribution in [2.75, 3.05) is 5.75 Å². The predicted molar refractivity (Wildman–Crippen MR) is 82.9 cm³/mol. The average Bonchev–Trinajstić information content (AvgIpc) is 2.95. The van der Waals surface area contributed by atoms with Gasteiger partial charge in [-0.15, -0.1) is 10.2 Å². The van der Waals surface area contributed by atoms with Crippen molar-refractivity contribution in [2.45, 2.75) is 32.0 Å². The minimum Gasteiger partial charge on any atom is -0.411 e. The van der Waals surface area contributed by atoms with E-state index in [1.807, 2.05) is 37.3 Å². The number of carbonyl (C=O) groups excluding carboxylic acids is 1. The lowest BCUT2D eigenvalue weighted by Gasteiger charge is -2.16. The molecule has 0 fully saturated rings. The van der Waals surface area contributed by atoms with Gasteiger partial charge in [0.25, 0.3) is 5.22 Å². The normalized spacial score (nSPS) is 12.4. The van der Waals surface area contributed by atoms with Gasteiger partial charge in [0, 0.05) is 11.6 Å². The largest absolute Gasteiger partial charge is 0.411 e. The van der Waals surface area contributed by atoms with Gasteiger partial charge in [-0.05, 0) is 25.0 Å². The van der Waals surface area contributed by atoms with Crippen LogP contribution in [0.4, 0.5) is 0 Å². The van der Waals surface area contributed by atoms with E-state index < -0.39 is 0 Å². The third-order valence-corrected chi connectivity index (χ3v) is 3.96. The molecule has 0 radical (unpaired) electrons. The highest BCUT2D eigenvalue weighted by Gasteiger charge is 2.13. The van der Waals surface area contributed by atoms with E-state index in [1.165, 1.54) is 11.8 Å². The van der Waals surface area contributed by atoms with Crippen LogP contribution in [0.25, 0.3) is 11.5 Å². The summed E-state index contributed by atoms with van der Waals surface area (Å²) in [5.74, 6) is 1.12. The highest BCUT2D eigenvalue weighted by Crippen LogP contribution is 2.22. The Balaban J connectivity index is 1.87. The number of hydrogen-bond acceptors (Lipinski definition) is 5. The van der Waals surface area contributed by atoms with E-state index in [0.29, 0.717) is 17.0 Å². The molecule has 0 unspecified atom stereocenters. The van der Waals surface area contributed by atoms with Crippen LogP contribution in [0.5, 0.6) is 0 Å². The van der Waals surface area contributed by atoms with Crippen molar-refractivity contribution in [2.24, 2.45) is 5.92 Å². The maximum absolute atomic E-state index is 11.8. The van der Waals surface area contributed by atoms with E-state index in [9.17, 15) is 4.79 Å². The Morgan fingerprint density at radius 3 is 2.62 bits per heavy atom. The molecule has 0 saturated heterocycles. The number of benzene rings is 1. The van der Waals surface area contributed by atoms with Gasteiger partial charge in [0.1, 0.15) is 0 Å². The van der Waals surface area contributed by atoms with Crippen LogP contribution in [-0.2, 0) is 4.79 Å². The number of hydrogen-bond donors (Lipinski definition) is 1. The molecule has 0 spiro atoms. The zero-order chi connectivity index (χ0) is 15.2. The highest BCUT2D eigenvalue weighted by atomic mass is 32.2. The van der Waals surface area contributed by atoms with Gasteiger partial charge in [-0.2, -0.15) is 0 Å². The summed E-state index contributed by atoms with van der Waals surface area (Å²) in [7, 11) is 0. The molecule has 0 saturated carbocycles. The van der Waals surface area contributed by atoms with Gasteiger partial charge in [0.05, 0.1) is 5.75 Å². The lowest BCUT2D eigenvalue weighted by Crippen LogP contribution is -2.37. The quantitative estimate of drug-likeness (QED) is 0.831. The molecule has 1 aromatic heterocycles. The molecular formula is C15H19N3O2S. The van der Waals surface area contributed by atoms with E-state index in [4.69, 9.17) is 4.42 Å². The van der Waals surface area contributed by atoms with Crippen molar-refractivity contribution in [3.63, 3.8) is 0 Å². The van der Waals surface area contributed by atoms with E-state index in [0.717, 1.165) is 5.56 Å². The van der Waals surface area contributed by atoms with Crippen LogP contribution >= 0.6 is 11.8 Å². The molecular weight excluding hydrogens is 286 g/mol. The summed E-state index contributed by atoms with van der Waals surface area (Å²) in [6.45, 7) is 6.14. The number of carbonyl (C=O) groups is 1. The molecule has 21 heavy (non-hydrogen) atoms. The molecule has 2 rings (SSSR count). The predicted octanol–water partition coefficient (Wildman–Crippen LogP) is 2.99. The second-order valence-electron chi connectivity index (χ2n) is 5.13. The number of aromatic nitrogens is 2. The Morgan fingerprint density at radius 1 is 1.24 bits per heavy atom. The second kappa shape index (κ2) is 7.26. The minimum atomic E-state index is -0.0272. The molecule has 1 aromatic carbocycles. The van der Waals surface area contributed by atoms with Crippen LogP contribution in [0.1, 0.15) is 20.8 Å². The average molecular weight is 305 g/mol. The lowest BCUT2D eigenvalue weighted by molar-refractivity contribution is -0.119. The minimum absolute atomic E-state index is 0.0272. The van der Waals surface area contributed by atoms with Crippen molar-refractivity contribution in [3.8, 4) is 11.5 Å². The summed E-state index contributed by atoms with van der Waals surface area (Å²) >= 11 is 1.25. The van der Waals surface area contributed by atoms with Gasteiger partial charge in [-0.3, -0.25) is 4.79 Å². The van der Waals surface area contributed by atoms with Crippen molar-refractivity contribution in [1.29, 1.82) is 0 Å². The van der Waals surface area contributed by atoms with E-state index in [-0.39, 0.29) is 17.7 Å². The number of rotatable bonds is 6. The molecule has 0 aliphatic rings. The fourth-order valence-corrected chi connectivity index (χ4v) is 2.13. The summed E-state index contributed by atoms with van der Waals surface area (Å²) in [6.07, 6.45) is 0. The van der Waals surface area contributed by atoms with Gasteiger partial charge in [-0.25, -0.2) is 0 Å². The molecule has 1 N–H and O–H groups in total. The third-order valence-electron chi connectivity index (χ3n) is 3.14. The van der Waals surface area contributed by atoms with Gasteiger partial charge >= 0.3 is 0 Å². The van der Waals surface area contributed by atoms with Crippen molar-refractivity contribution < 1.29 is 9.21 Å². The fraction of sp³-hybridized carbons (Fsp3) is 0.400. The van der Waals surface area contributed by atoms with Crippen molar-refractivity contribution in [3.05, 3.63) is 30.3 Å². The van der Waals surface area contributed by atoms with E-state index >= 15 is 0 Å². The van der Waals surface area contributed by atoms with Crippen LogP contribution in [0.15, 0.2) is 40.0 Å². The first kappa shape index (κ1) is 15.6. The molecule has 112 valence electrons. The second-order valence-corrected chi connectivity index (χ2v) is 6.05. The van der Waals surface area contributed by atoms with Crippen LogP contribution < -0.4 is 5.32 Å². The summed E-state index contributed by atoms with van der Waals surface area (Å²) in [6, 6.07) is 9.70. The highest BCUT2D eigenvalue weighted by molar-refractivity contribution is 7.99. The lowest BCUT2D eigenvalue weighted by atomic mass is 10.1. The molecule has 1 atom stereocenters. The number of thioether (sulfide) groups is 1. The van der Waals surface area contributed by atoms with Crippen LogP contribution in [0.2, 0.25) is 0 Å². The summed E-state index contributed by atoms with van der Waals surface area (Å²) in [5, 5.41) is 11.3. The third kappa shape index (κ3) is 4.60. The zero-order valence-corrected chi connectivity index (χ0v) is 13.2. The molecule has 2 aromatic rings. The molecule has 0 aliphatic carbocycles. The Morgan fingerprint density at radius 2 is 1.95 bits per heavy atom. The number of amides is 1. The fourth-order valence-electron chi connectivity index (χ4n) is 1.56. The van der Waals surface area contributed by atoms with Gasteiger partial charge in [0.2, 0.25) is 11.8 Å².